The summed E-state index contributed by atoms with van der Waals surface area (Å²) in [6, 6.07) is 0. The van der Waals surface area contributed by atoms with Gasteiger partial charge in [-0.05, 0) is 50.0 Å². The molecule has 1 unspecified atom stereocenters. The van der Waals surface area contributed by atoms with Gasteiger partial charge < -0.3 is 5.32 Å². The van der Waals surface area contributed by atoms with E-state index in [1.54, 1.807) is 4.31 Å². The average molecular weight is 304 g/mol. The quantitative estimate of drug-likeness (QED) is 0.749. The molecule has 5 heteroatoms. The van der Waals surface area contributed by atoms with Crippen molar-refractivity contribution in [3.63, 3.8) is 0 Å². The highest BCUT2D eigenvalue weighted by atomic mass is 32.2. The fraction of sp³-hybridized carbons (Fsp3) is 1.00. The predicted molar refractivity (Wildman–Crippen MR) is 85.3 cm³/mol. The Morgan fingerprint density at radius 3 is 2.40 bits per heavy atom. The number of piperidine rings is 1. The fourth-order valence-corrected chi connectivity index (χ4v) is 4.30. The molecule has 0 aromatic rings. The Labute approximate surface area is 125 Å². The Kier molecular flexibility index (Phi) is 6.95. The van der Waals surface area contributed by atoms with E-state index < -0.39 is 10.0 Å². The number of sulfonamides is 1. The van der Waals surface area contributed by atoms with Gasteiger partial charge in [-0.25, -0.2) is 12.7 Å². The molecule has 1 atom stereocenters. The molecular formula is C15H32N2O2S. The van der Waals surface area contributed by atoms with Crippen LogP contribution in [-0.2, 0) is 10.0 Å². The monoisotopic (exact) mass is 304 g/mol. The molecular weight excluding hydrogens is 272 g/mol. The molecule has 1 rings (SSSR count). The molecule has 0 aromatic carbocycles. The summed E-state index contributed by atoms with van der Waals surface area (Å²) in [6.07, 6.45) is 6.96. The normalized spacial score (nSPS) is 22.1. The van der Waals surface area contributed by atoms with Crippen LogP contribution in [0.15, 0.2) is 0 Å². The summed E-state index contributed by atoms with van der Waals surface area (Å²) in [5, 5.41) is 3.49. The first-order chi connectivity index (χ1) is 9.37. The number of nitrogens with zero attached hydrogens (tertiary/aromatic N) is 1. The van der Waals surface area contributed by atoms with Crippen molar-refractivity contribution in [2.24, 2.45) is 11.3 Å². The first kappa shape index (κ1) is 17.9. The van der Waals surface area contributed by atoms with Crippen molar-refractivity contribution in [3.8, 4) is 0 Å². The smallest absolute Gasteiger partial charge is 0.211 e. The van der Waals surface area contributed by atoms with Crippen molar-refractivity contribution in [3.05, 3.63) is 0 Å². The Hall–Kier alpha value is -0.130. The highest BCUT2D eigenvalue weighted by Crippen LogP contribution is 2.36. The van der Waals surface area contributed by atoms with Gasteiger partial charge in [0.25, 0.3) is 0 Å². The average Bonchev–Trinajstić information content (AvgIpc) is 2.43. The fourth-order valence-electron chi connectivity index (χ4n) is 3.36. The lowest BCUT2D eigenvalue weighted by atomic mass is 9.73. The van der Waals surface area contributed by atoms with E-state index >= 15 is 0 Å². The van der Waals surface area contributed by atoms with Crippen LogP contribution in [0, 0.1) is 11.3 Å². The molecule has 1 fully saturated rings. The summed E-state index contributed by atoms with van der Waals surface area (Å²) in [7, 11) is -3.03. The van der Waals surface area contributed by atoms with Crippen LogP contribution < -0.4 is 5.32 Å². The van der Waals surface area contributed by atoms with E-state index in [2.05, 4.69) is 26.1 Å². The lowest BCUT2D eigenvalue weighted by Gasteiger charge is -2.39. The second kappa shape index (κ2) is 7.76. The van der Waals surface area contributed by atoms with Crippen LogP contribution in [0.5, 0.6) is 0 Å². The van der Waals surface area contributed by atoms with Crippen LogP contribution in [0.1, 0.15) is 52.9 Å². The molecule has 4 nitrogen and oxygen atoms in total. The highest BCUT2D eigenvalue weighted by Gasteiger charge is 2.33. The zero-order chi connectivity index (χ0) is 15.2. The molecule has 1 saturated heterocycles. The van der Waals surface area contributed by atoms with Crippen molar-refractivity contribution in [1.82, 2.24) is 9.62 Å². The Morgan fingerprint density at radius 2 is 1.90 bits per heavy atom. The summed E-state index contributed by atoms with van der Waals surface area (Å²) in [5.41, 5.74) is 0.321. The van der Waals surface area contributed by atoms with Crippen molar-refractivity contribution >= 4 is 10.0 Å². The summed E-state index contributed by atoms with van der Waals surface area (Å²) < 4.78 is 25.1. The molecule has 1 N–H and O–H groups in total. The molecule has 1 aliphatic rings. The van der Waals surface area contributed by atoms with Gasteiger partial charge in [-0.1, -0.05) is 20.8 Å². The standard InChI is InChI=1S/C15H32N2O2S/c1-5-15(6-2,13-16-7-3)11-14-9-8-10-17(12-14)20(4,18)19/h14,16H,5-13H2,1-4H3. The number of hydrogen-bond acceptors (Lipinski definition) is 3. The van der Waals surface area contributed by atoms with Gasteiger partial charge in [0.05, 0.1) is 6.26 Å². The first-order valence-electron chi connectivity index (χ1n) is 8.02. The van der Waals surface area contributed by atoms with Gasteiger partial charge in [-0.15, -0.1) is 0 Å². The van der Waals surface area contributed by atoms with E-state index in [9.17, 15) is 8.42 Å². The minimum Gasteiger partial charge on any atom is -0.316 e. The van der Waals surface area contributed by atoms with E-state index in [0.717, 1.165) is 38.8 Å². The van der Waals surface area contributed by atoms with Crippen LogP contribution in [0.3, 0.4) is 0 Å². The summed E-state index contributed by atoms with van der Waals surface area (Å²) in [4.78, 5) is 0. The minimum absolute atomic E-state index is 0.321. The second-order valence-electron chi connectivity index (χ2n) is 6.32. The third kappa shape index (κ3) is 5.01. The van der Waals surface area contributed by atoms with Gasteiger partial charge in [0.1, 0.15) is 0 Å². The molecule has 120 valence electrons. The SMILES string of the molecule is CCNCC(CC)(CC)CC1CCCN(S(C)(=O)=O)C1. The minimum atomic E-state index is -3.03. The summed E-state index contributed by atoms with van der Waals surface area (Å²) in [6.45, 7) is 10.1. The lowest BCUT2D eigenvalue weighted by Crippen LogP contribution is -2.42. The van der Waals surface area contributed by atoms with Crippen molar-refractivity contribution in [2.45, 2.75) is 52.9 Å². The molecule has 1 heterocycles. The van der Waals surface area contributed by atoms with Gasteiger partial charge in [0.15, 0.2) is 0 Å². The van der Waals surface area contributed by atoms with Gasteiger partial charge in [-0.3, -0.25) is 0 Å². The van der Waals surface area contributed by atoms with E-state index in [1.807, 2.05) is 0 Å². The van der Waals surface area contributed by atoms with E-state index in [4.69, 9.17) is 0 Å². The molecule has 0 saturated carbocycles. The van der Waals surface area contributed by atoms with Crippen molar-refractivity contribution < 1.29 is 8.42 Å². The summed E-state index contributed by atoms with van der Waals surface area (Å²) >= 11 is 0. The maximum Gasteiger partial charge on any atom is 0.211 e. The molecule has 0 amide bonds. The van der Waals surface area contributed by atoms with E-state index in [0.29, 0.717) is 24.4 Å². The number of hydrogen-bond donors (Lipinski definition) is 1. The molecule has 0 radical (unpaired) electrons. The molecule has 20 heavy (non-hydrogen) atoms. The zero-order valence-corrected chi connectivity index (χ0v) is 14.4. The lowest BCUT2D eigenvalue weighted by molar-refractivity contribution is 0.148. The van der Waals surface area contributed by atoms with Crippen LogP contribution in [0.2, 0.25) is 0 Å². The number of rotatable bonds is 8. The second-order valence-corrected chi connectivity index (χ2v) is 8.30. The Balaban J connectivity index is 2.68. The third-order valence-corrected chi connectivity index (χ3v) is 6.19. The van der Waals surface area contributed by atoms with Crippen molar-refractivity contribution in [2.75, 3.05) is 32.4 Å². The molecule has 0 aliphatic carbocycles. The Bertz CT molecular complexity index is 377. The van der Waals surface area contributed by atoms with Crippen LogP contribution >= 0.6 is 0 Å². The van der Waals surface area contributed by atoms with Gasteiger partial charge in [-0.2, -0.15) is 0 Å². The highest BCUT2D eigenvalue weighted by molar-refractivity contribution is 7.88. The molecule has 1 aliphatic heterocycles. The van der Waals surface area contributed by atoms with Crippen LogP contribution in [0.25, 0.3) is 0 Å². The molecule has 0 spiro atoms. The largest absolute Gasteiger partial charge is 0.316 e. The molecule has 0 bridgehead atoms. The Morgan fingerprint density at radius 1 is 1.25 bits per heavy atom. The topological polar surface area (TPSA) is 49.4 Å². The summed E-state index contributed by atoms with van der Waals surface area (Å²) in [5.74, 6) is 0.511. The first-order valence-corrected chi connectivity index (χ1v) is 9.87. The number of nitrogens with one attached hydrogen (secondary N) is 1. The third-order valence-electron chi connectivity index (χ3n) is 4.92. The van der Waals surface area contributed by atoms with Crippen LogP contribution in [-0.4, -0.2) is 45.2 Å². The maximum absolute atomic E-state index is 11.7. The van der Waals surface area contributed by atoms with Gasteiger partial charge in [0.2, 0.25) is 10.0 Å². The predicted octanol–water partition coefficient (Wildman–Crippen LogP) is 2.46. The van der Waals surface area contributed by atoms with Crippen molar-refractivity contribution in [1.29, 1.82) is 0 Å². The molecule has 0 aromatic heterocycles. The van der Waals surface area contributed by atoms with Crippen LogP contribution in [0.4, 0.5) is 0 Å². The maximum atomic E-state index is 11.7. The van der Waals surface area contributed by atoms with E-state index in [-0.39, 0.29) is 0 Å². The van der Waals surface area contributed by atoms with E-state index in [1.165, 1.54) is 12.7 Å². The van der Waals surface area contributed by atoms with Gasteiger partial charge >= 0.3 is 0 Å². The van der Waals surface area contributed by atoms with Gasteiger partial charge in [0, 0.05) is 19.6 Å². The zero-order valence-electron chi connectivity index (χ0n) is 13.6.